The van der Waals surface area contributed by atoms with Gasteiger partial charge in [-0.3, -0.25) is 14.4 Å². The molecule has 0 bridgehead atoms. The Kier molecular flexibility index (Phi) is 2.71. The van der Waals surface area contributed by atoms with E-state index < -0.39 is 11.9 Å². The van der Waals surface area contributed by atoms with Crippen LogP contribution < -0.4 is 5.56 Å². The molecule has 90 valence electrons. The fourth-order valence-electron chi connectivity index (χ4n) is 1.66. The zero-order valence-corrected chi connectivity index (χ0v) is 9.29. The molecule has 1 aromatic rings. The number of carbonyl (C=O) groups is 2. The molecule has 0 radical (unpaired) electrons. The Morgan fingerprint density at radius 2 is 2.06 bits per heavy atom. The summed E-state index contributed by atoms with van der Waals surface area (Å²) in [6, 6.07) is 2.81. The van der Waals surface area contributed by atoms with Gasteiger partial charge in [0.25, 0.3) is 11.5 Å². The SMILES string of the molecule is Cn1ccc(C(=O)N2CC(C(=O)O)C2)cc1=O. The molecule has 0 aromatic carbocycles. The Bertz CT molecular complexity index is 529. The maximum Gasteiger partial charge on any atom is 0.310 e. The Labute approximate surface area is 97.1 Å². The van der Waals surface area contributed by atoms with E-state index in [2.05, 4.69) is 0 Å². The molecule has 0 saturated carbocycles. The lowest BCUT2D eigenvalue weighted by Gasteiger charge is -2.36. The molecular weight excluding hydrogens is 224 g/mol. The van der Waals surface area contributed by atoms with Crippen molar-refractivity contribution in [1.29, 1.82) is 0 Å². The van der Waals surface area contributed by atoms with Gasteiger partial charge in [0, 0.05) is 38.0 Å². The number of nitrogens with zero attached hydrogens (tertiary/aromatic N) is 2. The summed E-state index contributed by atoms with van der Waals surface area (Å²) in [7, 11) is 1.60. The van der Waals surface area contributed by atoms with Gasteiger partial charge in [0.2, 0.25) is 0 Å². The molecule has 1 fully saturated rings. The number of carboxylic acid groups (broad SMARTS) is 1. The van der Waals surface area contributed by atoms with E-state index in [0.29, 0.717) is 5.56 Å². The lowest BCUT2D eigenvalue weighted by atomic mass is 9.99. The number of rotatable bonds is 2. The highest BCUT2D eigenvalue weighted by molar-refractivity contribution is 5.95. The largest absolute Gasteiger partial charge is 0.481 e. The minimum atomic E-state index is -0.891. The Balaban J connectivity index is 2.09. The maximum absolute atomic E-state index is 11.8. The number of aromatic nitrogens is 1. The van der Waals surface area contributed by atoms with E-state index >= 15 is 0 Å². The van der Waals surface area contributed by atoms with Crippen LogP contribution in [0, 0.1) is 5.92 Å². The van der Waals surface area contributed by atoms with Crippen molar-refractivity contribution in [2.75, 3.05) is 13.1 Å². The quantitative estimate of drug-likeness (QED) is 0.753. The fourth-order valence-corrected chi connectivity index (χ4v) is 1.66. The van der Waals surface area contributed by atoms with E-state index in [1.165, 1.54) is 21.7 Å². The van der Waals surface area contributed by atoms with Crippen LogP contribution in [0.5, 0.6) is 0 Å². The number of pyridine rings is 1. The highest BCUT2D eigenvalue weighted by Crippen LogP contribution is 2.18. The Morgan fingerprint density at radius 3 is 2.59 bits per heavy atom. The summed E-state index contributed by atoms with van der Waals surface area (Å²) >= 11 is 0. The van der Waals surface area contributed by atoms with Crippen LogP contribution in [0.1, 0.15) is 10.4 Å². The standard InChI is InChI=1S/C11H12N2O4/c1-12-3-2-7(4-9(12)14)10(15)13-5-8(6-13)11(16)17/h2-4,8H,5-6H2,1H3,(H,16,17). The lowest BCUT2D eigenvalue weighted by molar-refractivity contribution is -0.146. The van der Waals surface area contributed by atoms with Gasteiger partial charge in [-0.2, -0.15) is 0 Å². The molecule has 0 aliphatic carbocycles. The molecule has 1 saturated heterocycles. The van der Waals surface area contributed by atoms with Crippen LogP contribution in [-0.4, -0.2) is 39.5 Å². The van der Waals surface area contributed by atoms with Crippen LogP contribution in [0.15, 0.2) is 23.1 Å². The summed E-state index contributed by atoms with van der Waals surface area (Å²) < 4.78 is 1.37. The van der Waals surface area contributed by atoms with Crippen molar-refractivity contribution in [3.05, 3.63) is 34.2 Å². The molecule has 1 aromatic heterocycles. The number of aliphatic carboxylic acids is 1. The van der Waals surface area contributed by atoms with Gasteiger partial charge >= 0.3 is 5.97 Å². The fraction of sp³-hybridized carbons (Fsp3) is 0.364. The van der Waals surface area contributed by atoms with Crippen molar-refractivity contribution in [2.45, 2.75) is 0 Å². The first kappa shape index (κ1) is 11.4. The number of hydrogen-bond acceptors (Lipinski definition) is 3. The third kappa shape index (κ3) is 2.06. The number of likely N-dealkylation sites (tertiary alicyclic amines) is 1. The Morgan fingerprint density at radius 1 is 1.41 bits per heavy atom. The normalized spacial score (nSPS) is 15.5. The molecule has 1 aliphatic heterocycles. The summed E-state index contributed by atoms with van der Waals surface area (Å²) in [6.45, 7) is 0.423. The van der Waals surface area contributed by atoms with E-state index in [1.54, 1.807) is 13.1 Å². The van der Waals surface area contributed by atoms with Gasteiger partial charge in [-0.25, -0.2) is 0 Å². The van der Waals surface area contributed by atoms with E-state index in [9.17, 15) is 14.4 Å². The zero-order valence-electron chi connectivity index (χ0n) is 9.29. The zero-order chi connectivity index (χ0) is 12.6. The molecular formula is C11H12N2O4. The molecule has 2 heterocycles. The van der Waals surface area contributed by atoms with Gasteiger partial charge in [0.05, 0.1) is 5.92 Å². The smallest absolute Gasteiger partial charge is 0.310 e. The highest BCUT2D eigenvalue weighted by atomic mass is 16.4. The van der Waals surface area contributed by atoms with Gasteiger partial charge in [-0.15, -0.1) is 0 Å². The lowest BCUT2D eigenvalue weighted by Crippen LogP contribution is -2.53. The van der Waals surface area contributed by atoms with Gasteiger partial charge < -0.3 is 14.6 Å². The van der Waals surface area contributed by atoms with E-state index in [-0.39, 0.29) is 24.6 Å². The monoisotopic (exact) mass is 236 g/mol. The van der Waals surface area contributed by atoms with Crippen molar-refractivity contribution in [1.82, 2.24) is 9.47 Å². The second kappa shape index (κ2) is 4.04. The molecule has 1 N–H and O–H groups in total. The molecule has 2 rings (SSSR count). The minimum absolute atomic E-state index is 0.212. The number of carboxylic acids is 1. The predicted octanol–water partition coefficient (Wildman–Crippen LogP) is -0.458. The molecule has 1 aliphatic rings. The van der Waals surface area contributed by atoms with Gasteiger partial charge in [0.1, 0.15) is 0 Å². The van der Waals surface area contributed by atoms with Crippen molar-refractivity contribution in [3.8, 4) is 0 Å². The first-order chi connectivity index (χ1) is 7.99. The van der Waals surface area contributed by atoms with Crippen LogP contribution in [0.3, 0.4) is 0 Å². The van der Waals surface area contributed by atoms with E-state index in [1.807, 2.05) is 0 Å². The van der Waals surface area contributed by atoms with Crippen molar-refractivity contribution in [3.63, 3.8) is 0 Å². The van der Waals surface area contributed by atoms with Crippen LogP contribution in [0.2, 0.25) is 0 Å². The first-order valence-electron chi connectivity index (χ1n) is 5.18. The average molecular weight is 236 g/mol. The van der Waals surface area contributed by atoms with Gasteiger partial charge in [-0.1, -0.05) is 0 Å². The molecule has 0 spiro atoms. The number of aryl methyl sites for hydroxylation is 1. The van der Waals surface area contributed by atoms with Crippen molar-refractivity contribution in [2.24, 2.45) is 13.0 Å². The van der Waals surface area contributed by atoms with Crippen LogP contribution in [0.4, 0.5) is 0 Å². The summed E-state index contributed by atoms with van der Waals surface area (Å²) in [5.74, 6) is -1.66. The van der Waals surface area contributed by atoms with Crippen molar-refractivity contribution >= 4 is 11.9 Å². The van der Waals surface area contributed by atoms with Crippen LogP contribution in [0.25, 0.3) is 0 Å². The molecule has 17 heavy (non-hydrogen) atoms. The van der Waals surface area contributed by atoms with E-state index in [0.717, 1.165) is 0 Å². The predicted molar refractivity (Wildman–Crippen MR) is 58.7 cm³/mol. The topological polar surface area (TPSA) is 79.6 Å². The summed E-state index contributed by atoms with van der Waals surface area (Å²) in [6.07, 6.45) is 1.52. The molecule has 6 heteroatoms. The van der Waals surface area contributed by atoms with Crippen LogP contribution >= 0.6 is 0 Å². The van der Waals surface area contributed by atoms with Gasteiger partial charge in [-0.05, 0) is 6.07 Å². The second-order valence-corrected chi connectivity index (χ2v) is 4.11. The molecule has 1 amide bonds. The van der Waals surface area contributed by atoms with Gasteiger partial charge in [0.15, 0.2) is 0 Å². The average Bonchev–Trinajstić information content (AvgIpc) is 2.19. The highest BCUT2D eigenvalue weighted by Gasteiger charge is 2.35. The summed E-state index contributed by atoms with van der Waals surface area (Å²) in [5.41, 5.74) is 0.0445. The third-order valence-electron chi connectivity index (χ3n) is 2.87. The number of hydrogen-bond donors (Lipinski definition) is 1. The molecule has 6 nitrogen and oxygen atoms in total. The Hall–Kier alpha value is -2.11. The molecule has 0 unspecified atom stereocenters. The summed E-state index contributed by atoms with van der Waals surface area (Å²) in [5, 5.41) is 8.69. The van der Waals surface area contributed by atoms with Crippen LogP contribution in [-0.2, 0) is 11.8 Å². The van der Waals surface area contributed by atoms with E-state index in [4.69, 9.17) is 5.11 Å². The maximum atomic E-state index is 11.8. The molecule has 0 atom stereocenters. The first-order valence-corrected chi connectivity index (χ1v) is 5.18. The van der Waals surface area contributed by atoms with Crippen molar-refractivity contribution < 1.29 is 14.7 Å². The minimum Gasteiger partial charge on any atom is -0.481 e. The third-order valence-corrected chi connectivity index (χ3v) is 2.87. The number of amides is 1. The summed E-state index contributed by atoms with van der Waals surface area (Å²) in [4.78, 5) is 35.2. The second-order valence-electron chi connectivity index (χ2n) is 4.11. The number of carbonyl (C=O) groups excluding carboxylic acids is 1.